The van der Waals surface area contributed by atoms with E-state index >= 15 is 0 Å². The van der Waals surface area contributed by atoms with Crippen LogP contribution in [-0.4, -0.2) is 37.7 Å². The zero-order chi connectivity index (χ0) is 21.9. The molecule has 1 aromatic rings. The summed E-state index contributed by atoms with van der Waals surface area (Å²) in [6.45, 7) is 10.5. The number of cyclic esters (lactones) is 1. The minimum absolute atomic E-state index is 0.186. The Bertz CT molecular complexity index is 973. The fraction of sp³-hybridized carbons (Fsp3) is 0.708. The average molecular weight is 426 g/mol. The predicted molar refractivity (Wildman–Crippen MR) is 114 cm³/mol. The van der Waals surface area contributed by atoms with Gasteiger partial charge in [0.1, 0.15) is 17.1 Å². The monoisotopic (exact) mass is 426 g/mol. The molecule has 0 N–H and O–H groups in total. The summed E-state index contributed by atoms with van der Waals surface area (Å²) in [6, 6.07) is 3.85. The molecular weight excluding hydrogens is 395 g/mol. The topological polar surface area (TPSA) is 63.2 Å². The normalized spacial score (nSPS) is 40.8. The second kappa shape index (κ2) is 5.99. The average Bonchev–Trinajstić information content (AvgIpc) is 3.39. The van der Waals surface area contributed by atoms with Gasteiger partial charge in [0, 0.05) is 19.7 Å². The Hall–Kier alpha value is -1.73. The van der Waals surface area contributed by atoms with Crippen LogP contribution in [0.2, 0.25) is 5.82 Å². The first-order valence-corrected chi connectivity index (χ1v) is 11.5. The van der Waals surface area contributed by atoms with E-state index in [-0.39, 0.29) is 30.6 Å². The minimum atomic E-state index is -1.01. The summed E-state index contributed by atoms with van der Waals surface area (Å²) in [4.78, 5) is 12.7. The first kappa shape index (κ1) is 19.9. The van der Waals surface area contributed by atoms with Gasteiger partial charge in [-0.15, -0.1) is 0 Å². The Labute approximate surface area is 184 Å². The number of hydrogen-bond donors (Lipinski definition) is 0. The van der Waals surface area contributed by atoms with Crippen LogP contribution in [0.5, 0.6) is 11.5 Å². The van der Waals surface area contributed by atoms with E-state index in [1.165, 1.54) is 6.42 Å². The highest BCUT2D eigenvalue weighted by molar-refractivity contribution is 6.49. The van der Waals surface area contributed by atoms with Crippen LogP contribution in [0, 0.1) is 17.3 Å². The number of hydrogen-bond acceptors (Lipinski definition) is 6. The maximum atomic E-state index is 12.7. The molecule has 7 heteroatoms. The second-order valence-corrected chi connectivity index (χ2v) is 11.3. The Balaban J connectivity index is 1.28. The van der Waals surface area contributed by atoms with Crippen LogP contribution in [0.15, 0.2) is 12.1 Å². The SMILES string of the molecule is COc1ccc([C@@H]2C[C@@H]2B2OC3CC4CC(C4(C)C)[C@@]3(C)O2)c2c1C(=O)OC(C)(C)O2. The number of carbonyl (C=O) groups is 1. The molecule has 7 rings (SSSR count). The molecule has 0 amide bonds. The maximum absolute atomic E-state index is 12.7. The Morgan fingerprint density at radius 2 is 1.84 bits per heavy atom. The van der Waals surface area contributed by atoms with Crippen LogP contribution in [0.3, 0.4) is 0 Å². The molecule has 4 aliphatic carbocycles. The van der Waals surface area contributed by atoms with Gasteiger partial charge in [-0.1, -0.05) is 19.9 Å². The van der Waals surface area contributed by atoms with Gasteiger partial charge in [0.2, 0.25) is 5.79 Å². The van der Waals surface area contributed by atoms with Crippen molar-refractivity contribution in [3.8, 4) is 11.5 Å². The molecular formula is C24H31BO6. The molecule has 2 heterocycles. The van der Waals surface area contributed by atoms with Gasteiger partial charge >= 0.3 is 13.1 Å². The van der Waals surface area contributed by atoms with Crippen LogP contribution >= 0.6 is 0 Å². The van der Waals surface area contributed by atoms with Crippen LogP contribution < -0.4 is 9.47 Å². The number of rotatable bonds is 3. The molecule has 3 unspecified atom stereocenters. The van der Waals surface area contributed by atoms with Crippen molar-refractivity contribution in [1.82, 2.24) is 0 Å². The summed E-state index contributed by atoms with van der Waals surface area (Å²) >= 11 is 0. The lowest BCUT2D eigenvalue weighted by molar-refractivity contribution is -0.199. The van der Waals surface area contributed by atoms with Crippen molar-refractivity contribution in [2.75, 3.05) is 7.11 Å². The molecule has 6 nitrogen and oxygen atoms in total. The van der Waals surface area contributed by atoms with E-state index in [0.717, 1.165) is 24.3 Å². The molecule has 0 radical (unpaired) electrons. The van der Waals surface area contributed by atoms with Gasteiger partial charge in [-0.3, -0.25) is 0 Å². The lowest BCUT2D eigenvalue weighted by atomic mass is 9.43. The lowest BCUT2D eigenvalue weighted by Crippen LogP contribution is -2.65. The van der Waals surface area contributed by atoms with E-state index in [2.05, 4.69) is 20.8 Å². The summed E-state index contributed by atoms with van der Waals surface area (Å²) in [6.07, 6.45) is 3.49. The fourth-order valence-corrected chi connectivity index (χ4v) is 6.84. The fourth-order valence-electron chi connectivity index (χ4n) is 6.84. The number of fused-ring (bicyclic) bond motifs is 1. The zero-order valence-electron chi connectivity index (χ0n) is 19.2. The van der Waals surface area contributed by atoms with E-state index in [1.54, 1.807) is 21.0 Å². The van der Waals surface area contributed by atoms with Gasteiger partial charge in [-0.2, -0.15) is 0 Å². The molecule has 2 bridgehead atoms. The number of esters is 1. The molecule has 166 valence electrons. The highest BCUT2D eigenvalue weighted by Crippen LogP contribution is 2.68. The third kappa shape index (κ3) is 2.62. The highest BCUT2D eigenvalue weighted by atomic mass is 16.7. The van der Waals surface area contributed by atoms with E-state index < -0.39 is 11.8 Å². The van der Waals surface area contributed by atoms with Gasteiger partial charge in [-0.05, 0) is 61.0 Å². The Morgan fingerprint density at radius 3 is 2.55 bits per heavy atom. The summed E-state index contributed by atoms with van der Waals surface area (Å²) in [7, 11) is 1.36. The molecule has 0 aromatic heterocycles. The van der Waals surface area contributed by atoms with E-state index in [9.17, 15) is 4.79 Å². The third-order valence-corrected chi connectivity index (χ3v) is 8.82. The summed E-state index contributed by atoms with van der Waals surface area (Å²) < 4.78 is 30.2. The second-order valence-electron chi connectivity index (χ2n) is 11.3. The summed E-state index contributed by atoms with van der Waals surface area (Å²) in [5, 5.41) is 0. The molecule has 4 saturated carbocycles. The van der Waals surface area contributed by atoms with Crippen LogP contribution in [0.1, 0.15) is 75.7 Å². The first-order chi connectivity index (χ1) is 14.5. The molecule has 0 spiro atoms. The number of methoxy groups -OCH3 is 1. The number of ether oxygens (including phenoxy) is 3. The van der Waals surface area contributed by atoms with Crippen molar-refractivity contribution in [2.24, 2.45) is 17.3 Å². The number of carbonyl (C=O) groups excluding carboxylic acids is 1. The molecule has 31 heavy (non-hydrogen) atoms. The Kier molecular flexibility index (Phi) is 3.85. The summed E-state index contributed by atoms with van der Waals surface area (Å²) in [5.41, 5.74) is 1.53. The first-order valence-electron chi connectivity index (χ1n) is 11.5. The van der Waals surface area contributed by atoms with Crippen molar-refractivity contribution in [2.45, 2.75) is 83.1 Å². The van der Waals surface area contributed by atoms with Crippen molar-refractivity contribution in [1.29, 1.82) is 0 Å². The zero-order valence-corrected chi connectivity index (χ0v) is 19.2. The van der Waals surface area contributed by atoms with Crippen molar-refractivity contribution >= 4 is 13.1 Å². The van der Waals surface area contributed by atoms with Gasteiger partial charge in [0.25, 0.3) is 0 Å². The van der Waals surface area contributed by atoms with Gasteiger partial charge in [0.05, 0.1) is 18.8 Å². The van der Waals surface area contributed by atoms with Crippen molar-refractivity contribution < 1.29 is 28.3 Å². The van der Waals surface area contributed by atoms with Gasteiger partial charge in [-0.25, -0.2) is 4.79 Å². The molecule has 6 aliphatic rings. The van der Waals surface area contributed by atoms with E-state index in [0.29, 0.717) is 28.4 Å². The largest absolute Gasteiger partial charge is 0.496 e. The molecule has 2 aliphatic heterocycles. The van der Waals surface area contributed by atoms with Crippen molar-refractivity contribution in [3.05, 3.63) is 23.3 Å². The van der Waals surface area contributed by atoms with Gasteiger partial charge < -0.3 is 23.5 Å². The maximum Gasteiger partial charge on any atom is 0.461 e. The third-order valence-electron chi connectivity index (χ3n) is 8.82. The summed E-state index contributed by atoms with van der Waals surface area (Å²) in [5.74, 6) is 1.44. The predicted octanol–water partition coefficient (Wildman–Crippen LogP) is 4.57. The lowest BCUT2D eigenvalue weighted by Gasteiger charge is -2.64. The van der Waals surface area contributed by atoms with Crippen LogP contribution in [0.25, 0.3) is 0 Å². The minimum Gasteiger partial charge on any atom is -0.496 e. The standard InChI is InChI=1S/C24H31BO6/c1-22(2)12-9-17(22)24(5)18(10-12)30-25(31-24)15-11-14(15)13-7-8-16(27-6)19-20(13)28-23(3,4)29-21(19)26/h7-8,12,14-15,17-18H,9-11H2,1-6H3/t12?,14-,15-,17?,18?,24+/m0/s1. The molecule has 1 aromatic carbocycles. The highest BCUT2D eigenvalue weighted by Gasteiger charge is 2.70. The quantitative estimate of drug-likeness (QED) is 0.522. The van der Waals surface area contributed by atoms with E-state index in [1.807, 2.05) is 12.1 Å². The van der Waals surface area contributed by atoms with Crippen molar-refractivity contribution in [3.63, 3.8) is 0 Å². The number of benzene rings is 1. The molecule has 5 fully saturated rings. The molecule has 6 atom stereocenters. The van der Waals surface area contributed by atoms with Crippen LogP contribution in [-0.2, 0) is 14.0 Å². The Morgan fingerprint density at radius 1 is 1.06 bits per heavy atom. The molecule has 1 saturated heterocycles. The van der Waals surface area contributed by atoms with E-state index in [4.69, 9.17) is 23.5 Å². The smallest absolute Gasteiger partial charge is 0.461 e. The van der Waals surface area contributed by atoms with Gasteiger partial charge in [0.15, 0.2) is 0 Å². The van der Waals surface area contributed by atoms with Crippen LogP contribution in [0.4, 0.5) is 0 Å².